The van der Waals surface area contributed by atoms with Crippen molar-refractivity contribution in [1.82, 2.24) is 9.62 Å². The quantitative estimate of drug-likeness (QED) is 0.609. The third kappa shape index (κ3) is 6.04. The molecule has 0 radical (unpaired) electrons. The molecule has 0 amide bonds. The molecule has 1 atom stereocenters. The highest BCUT2D eigenvalue weighted by molar-refractivity contribution is 9.10. The van der Waals surface area contributed by atoms with Gasteiger partial charge in [-0.25, -0.2) is 13.1 Å². The SMILES string of the molecule is CCc1cc(Br)ccc1S(=O)(=O)NC1CCN(Cc2ccc(OC(C)C)cc2)C1. The topological polar surface area (TPSA) is 58.6 Å². The third-order valence-corrected chi connectivity index (χ3v) is 7.10. The Kier molecular flexibility index (Phi) is 7.37. The Morgan fingerprint density at radius 2 is 1.93 bits per heavy atom. The van der Waals surface area contributed by atoms with Gasteiger partial charge in [-0.2, -0.15) is 0 Å². The van der Waals surface area contributed by atoms with E-state index in [1.165, 1.54) is 5.56 Å². The first-order chi connectivity index (χ1) is 13.8. The largest absolute Gasteiger partial charge is 0.491 e. The summed E-state index contributed by atoms with van der Waals surface area (Å²) in [5.41, 5.74) is 2.02. The number of likely N-dealkylation sites (tertiary alicyclic amines) is 1. The second kappa shape index (κ2) is 9.60. The van der Waals surface area contributed by atoms with E-state index in [2.05, 4.69) is 37.7 Å². The van der Waals surface area contributed by atoms with E-state index in [1.807, 2.05) is 39.0 Å². The van der Waals surface area contributed by atoms with Crippen molar-refractivity contribution in [1.29, 1.82) is 0 Å². The highest BCUT2D eigenvalue weighted by Crippen LogP contribution is 2.23. The van der Waals surface area contributed by atoms with Gasteiger partial charge in [-0.1, -0.05) is 35.0 Å². The van der Waals surface area contributed by atoms with E-state index in [-0.39, 0.29) is 12.1 Å². The van der Waals surface area contributed by atoms with Gasteiger partial charge >= 0.3 is 0 Å². The Balaban J connectivity index is 1.59. The second-order valence-electron chi connectivity index (χ2n) is 7.76. The van der Waals surface area contributed by atoms with Gasteiger partial charge in [-0.15, -0.1) is 0 Å². The Morgan fingerprint density at radius 1 is 1.21 bits per heavy atom. The fourth-order valence-corrected chi connectivity index (χ4v) is 5.61. The van der Waals surface area contributed by atoms with Gasteiger partial charge in [0.2, 0.25) is 10.0 Å². The molecule has 1 unspecified atom stereocenters. The number of nitrogens with zero attached hydrogens (tertiary/aromatic N) is 1. The zero-order valence-corrected chi connectivity index (χ0v) is 19.6. The van der Waals surface area contributed by atoms with Gasteiger partial charge < -0.3 is 4.74 Å². The molecule has 7 heteroatoms. The van der Waals surface area contributed by atoms with Crippen molar-refractivity contribution in [2.75, 3.05) is 13.1 Å². The maximum atomic E-state index is 12.9. The van der Waals surface area contributed by atoms with Crippen LogP contribution >= 0.6 is 15.9 Å². The Labute approximate surface area is 182 Å². The highest BCUT2D eigenvalue weighted by Gasteiger charge is 2.28. The summed E-state index contributed by atoms with van der Waals surface area (Å²) in [6, 6.07) is 13.4. The minimum atomic E-state index is -3.53. The van der Waals surface area contributed by atoms with E-state index in [0.717, 1.165) is 35.3 Å². The molecule has 3 rings (SSSR count). The van der Waals surface area contributed by atoms with Crippen molar-refractivity contribution in [2.45, 2.75) is 57.2 Å². The molecule has 0 saturated carbocycles. The summed E-state index contributed by atoms with van der Waals surface area (Å²) in [6.45, 7) is 8.38. The molecule has 0 aromatic heterocycles. The molecular formula is C22H29BrN2O3S. The zero-order valence-electron chi connectivity index (χ0n) is 17.2. The molecule has 1 heterocycles. The number of halogens is 1. The fraction of sp³-hybridized carbons (Fsp3) is 0.455. The van der Waals surface area contributed by atoms with Gasteiger partial charge in [-0.3, -0.25) is 4.90 Å². The number of ether oxygens (including phenoxy) is 1. The predicted octanol–water partition coefficient (Wildman–Crippen LogP) is 4.35. The second-order valence-corrected chi connectivity index (χ2v) is 10.4. The average Bonchev–Trinajstić information content (AvgIpc) is 3.08. The van der Waals surface area contributed by atoms with Crippen molar-refractivity contribution in [3.8, 4) is 5.75 Å². The van der Waals surface area contributed by atoms with Crippen LogP contribution in [0.5, 0.6) is 5.75 Å². The van der Waals surface area contributed by atoms with E-state index in [1.54, 1.807) is 12.1 Å². The Bertz CT molecular complexity index is 930. The molecule has 0 bridgehead atoms. The molecule has 1 fully saturated rings. The standard InChI is InChI=1S/C22H29BrN2O3S/c1-4-18-13-19(23)7-10-22(18)29(26,27)24-20-11-12-25(15-20)14-17-5-8-21(9-6-17)28-16(2)3/h5-10,13,16,20,24H,4,11-12,14-15H2,1-3H3. The molecule has 1 saturated heterocycles. The van der Waals surface area contributed by atoms with Crippen molar-refractivity contribution >= 4 is 26.0 Å². The zero-order chi connectivity index (χ0) is 21.0. The van der Waals surface area contributed by atoms with Gasteiger partial charge in [0, 0.05) is 30.1 Å². The summed E-state index contributed by atoms with van der Waals surface area (Å²) in [5.74, 6) is 0.872. The van der Waals surface area contributed by atoms with Crippen LogP contribution in [0.3, 0.4) is 0 Å². The Hall–Kier alpha value is -1.41. The van der Waals surface area contributed by atoms with Gasteiger partial charge in [-0.05, 0) is 68.1 Å². The van der Waals surface area contributed by atoms with E-state index in [9.17, 15) is 8.42 Å². The van der Waals surface area contributed by atoms with E-state index in [4.69, 9.17) is 4.74 Å². The highest BCUT2D eigenvalue weighted by atomic mass is 79.9. The molecule has 158 valence electrons. The van der Waals surface area contributed by atoms with Crippen LogP contribution in [0.4, 0.5) is 0 Å². The van der Waals surface area contributed by atoms with Crippen LogP contribution < -0.4 is 9.46 Å². The first-order valence-corrected chi connectivity index (χ1v) is 12.3. The van der Waals surface area contributed by atoms with Crippen LogP contribution in [0.25, 0.3) is 0 Å². The van der Waals surface area contributed by atoms with E-state index >= 15 is 0 Å². The van der Waals surface area contributed by atoms with Crippen LogP contribution in [-0.4, -0.2) is 38.6 Å². The normalized spacial score (nSPS) is 17.8. The predicted molar refractivity (Wildman–Crippen MR) is 120 cm³/mol. The van der Waals surface area contributed by atoms with Crippen LogP contribution in [0.15, 0.2) is 51.8 Å². The Morgan fingerprint density at radius 3 is 2.59 bits per heavy atom. The number of aryl methyl sites for hydroxylation is 1. The number of nitrogens with one attached hydrogen (secondary N) is 1. The molecule has 0 spiro atoms. The van der Waals surface area contributed by atoms with E-state index < -0.39 is 10.0 Å². The molecule has 5 nitrogen and oxygen atoms in total. The summed E-state index contributed by atoms with van der Waals surface area (Å²) in [5, 5.41) is 0. The molecule has 2 aromatic carbocycles. The average molecular weight is 481 g/mol. The molecule has 1 aliphatic heterocycles. The van der Waals surface area contributed by atoms with Gasteiger partial charge in [0.25, 0.3) is 0 Å². The number of benzene rings is 2. The number of sulfonamides is 1. The minimum Gasteiger partial charge on any atom is -0.491 e. The van der Waals surface area contributed by atoms with Gasteiger partial charge in [0.1, 0.15) is 5.75 Å². The van der Waals surface area contributed by atoms with Crippen molar-refractivity contribution in [3.63, 3.8) is 0 Å². The van der Waals surface area contributed by atoms with Crippen molar-refractivity contribution in [3.05, 3.63) is 58.1 Å². The smallest absolute Gasteiger partial charge is 0.241 e. The third-order valence-electron chi connectivity index (χ3n) is 4.99. The first kappa shape index (κ1) is 22.3. The minimum absolute atomic E-state index is 0.0723. The molecule has 0 aliphatic carbocycles. The van der Waals surface area contributed by atoms with Crippen LogP contribution in [-0.2, 0) is 23.0 Å². The molecule has 2 aromatic rings. The van der Waals surface area contributed by atoms with Gasteiger partial charge in [0.15, 0.2) is 0 Å². The maximum Gasteiger partial charge on any atom is 0.241 e. The number of hydrogen-bond donors (Lipinski definition) is 1. The maximum absolute atomic E-state index is 12.9. The fourth-order valence-electron chi connectivity index (χ4n) is 3.65. The summed E-state index contributed by atoms with van der Waals surface area (Å²) in [4.78, 5) is 2.66. The molecule has 1 N–H and O–H groups in total. The molecule has 29 heavy (non-hydrogen) atoms. The monoisotopic (exact) mass is 480 g/mol. The lowest BCUT2D eigenvalue weighted by Gasteiger charge is -2.18. The number of rotatable bonds is 8. The number of hydrogen-bond acceptors (Lipinski definition) is 4. The lowest BCUT2D eigenvalue weighted by atomic mass is 10.2. The van der Waals surface area contributed by atoms with Crippen molar-refractivity contribution in [2.24, 2.45) is 0 Å². The van der Waals surface area contributed by atoms with Gasteiger partial charge in [0.05, 0.1) is 11.0 Å². The van der Waals surface area contributed by atoms with Crippen LogP contribution in [0, 0.1) is 0 Å². The molecule has 1 aliphatic rings. The summed E-state index contributed by atoms with van der Waals surface area (Å²) >= 11 is 3.42. The lowest BCUT2D eigenvalue weighted by molar-refractivity contribution is 0.242. The molecular weight excluding hydrogens is 452 g/mol. The van der Waals surface area contributed by atoms with E-state index in [0.29, 0.717) is 17.9 Å². The van der Waals surface area contributed by atoms with Crippen LogP contribution in [0.1, 0.15) is 38.3 Å². The lowest BCUT2D eigenvalue weighted by Crippen LogP contribution is -2.37. The summed E-state index contributed by atoms with van der Waals surface area (Å²) in [7, 11) is -3.53. The summed E-state index contributed by atoms with van der Waals surface area (Å²) in [6.07, 6.45) is 1.64. The summed E-state index contributed by atoms with van der Waals surface area (Å²) < 4.78 is 35.3. The first-order valence-electron chi connectivity index (χ1n) is 10.1. The van der Waals surface area contributed by atoms with Crippen LogP contribution in [0.2, 0.25) is 0 Å². The van der Waals surface area contributed by atoms with Crippen molar-refractivity contribution < 1.29 is 13.2 Å².